The van der Waals surface area contributed by atoms with Crippen LogP contribution < -0.4 is 0 Å². The zero-order valence-electron chi connectivity index (χ0n) is 16.6. The monoisotopic (exact) mass is 410 g/mol. The maximum Gasteiger partial charge on any atom is 0 e. The van der Waals surface area contributed by atoms with E-state index in [9.17, 15) is 0 Å². The molecular weight excluding hydrogens is 379 g/mol. The second-order valence-electron chi connectivity index (χ2n) is 7.25. The molecule has 2 aliphatic rings. The summed E-state index contributed by atoms with van der Waals surface area (Å²) in [6, 6.07) is 0. The second kappa shape index (κ2) is 7.15. The van der Waals surface area contributed by atoms with Crippen LogP contribution in [0, 0.1) is 58.6 Å². The van der Waals surface area contributed by atoms with E-state index in [1.165, 1.54) is 33.4 Å². The van der Waals surface area contributed by atoms with E-state index in [-0.39, 0.29) is 47.9 Å². The van der Waals surface area contributed by atoms with Crippen molar-refractivity contribution >= 4 is 0 Å². The molecule has 2 rings (SSSR count). The van der Waals surface area contributed by atoms with Crippen LogP contribution in [-0.2, 0) is 0 Å². The van der Waals surface area contributed by atoms with Crippen LogP contribution in [-0.4, -0.2) is 0 Å². The molecule has 0 bridgehead atoms. The van der Waals surface area contributed by atoms with E-state index >= 15 is 0 Å². The fourth-order valence-corrected chi connectivity index (χ4v) is 2.81. The van der Waals surface area contributed by atoms with Crippen LogP contribution in [0.1, 0.15) is 70.7 Å². The van der Waals surface area contributed by atoms with Crippen LogP contribution in [0.4, 0.5) is 0 Å². The Kier molecular flexibility index (Phi) is 7.20. The quantitative estimate of drug-likeness (QED) is 0.409. The van der Waals surface area contributed by atoms with Crippen LogP contribution in [0.2, 0.25) is 0 Å². The van der Waals surface area contributed by atoms with Gasteiger partial charge in [-0.25, -0.2) is 11.1 Å². The van der Waals surface area contributed by atoms with Crippen molar-refractivity contribution in [2.24, 2.45) is 10.8 Å². The zero-order valence-corrected chi connectivity index (χ0v) is 19.2. The molecule has 0 saturated heterocycles. The first-order chi connectivity index (χ1) is 8.90. The third-order valence-corrected chi connectivity index (χ3v) is 5.12. The molecule has 0 unspecified atom stereocenters. The number of rotatable bonds is 0. The summed E-state index contributed by atoms with van der Waals surface area (Å²) in [7, 11) is 0. The third-order valence-electron chi connectivity index (χ3n) is 5.12. The minimum Gasteiger partial charge on any atom is -1.00 e. The standard InChI is InChI=1S/2C10H15.La.H/c2*1-7-6-10(4,5)9(3)8(7)2;;/h2*1-5H3;;/q2*-1;;-1. The molecule has 2 aliphatic carbocycles. The van der Waals surface area contributed by atoms with Gasteiger partial charge in [0.1, 0.15) is 0 Å². The fraction of sp³-hybridized carbons (Fsp3) is 0.600. The minimum atomic E-state index is 0. The van der Waals surface area contributed by atoms with Gasteiger partial charge in [-0.3, -0.25) is 12.2 Å². The van der Waals surface area contributed by atoms with Gasteiger partial charge in [0.25, 0.3) is 0 Å². The molecule has 1 radical (unpaired) electrons. The van der Waals surface area contributed by atoms with Gasteiger partial charge in [0.2, 0.25) is 0 Å². The van der Waals surface area contributed by atoms with E-state index in [1.54, 1.807) is 0 Å². The molecule has 0 aliphatic heterocycles. The molecule has 117 valence electrons. The van der Waals surface area contributed by atoms with Crippen molar-refractivity contribution in [2.45, 2.75) is 69.2 Å². The predicted octanol–water partition coefficient (Wildman–Crippen LogP) is 6.34. The van der Waals surface area contributed by atoms with Gasteiger partial charge in [0, 0.05) is 35.6 Å². The summed E-state index contributed by atoms with van der Waals surface area (Å²) in [6.07, 6.45) is 6.87. The molecule has 0 nitrogen and oxygen atoms in total. The van der Waals surface area contributed by atoms with Crippen molar-refractivity contribution in [1.82, 2.24) is 0 Å². The smallest absolute Gasteiger partial charge is 0 e. The summed E-state index contributed by atoms with van der Waals surface area (Å²) < 4.78 is 0. The number of allylic oxidation sites excluding steroid dienone is 8. The Bertz CT molecular complexity index is 490. The molecule has 0 heterocycles. The Morgan fingerprint density at radius 1 is 0.619 bits per heavy atom. The fourth-order valence-electron chi connectivity index (χ4n) is 2.81. The van der Waals surface area contributed by atoms with E-state index in [1.807, 2.05) is 0 Å². The van der Waals surface area contributed by atoms with Gasteiger partial charge < -0.3 is 1.43 Å². The van der Waals surface area contributed by atoms with E-state index < -0.39 is 0 Å². The van der Waals surface area contributed by atoms with Gasteiger partial charge in [-0.1, -0.05) is 66.2 Å². The van der Waals surface area contributed by atoms with E-state index in [2.05, 4.69) is 81.4 Å². The van der Waals surface area contributed by atoms with Crippen LogP contribution in [0.25, 0.3) is 0 Å². The van der Waals surface area contributed by atoms with Gasteiger partial charge in [-0.2, -0.15) is 22.3 Å². The van der Waals surface area contributed by atoms with Gasteiger partial charge in [0.05, 0.1) is 0 Å². The van der Waals surface area contributed by atoms with Crippen molar-refractivity contribution in [3.8, 4) is 0 Å². The maximum atomic E-state index is 3.44. The van der Waals surface area contributed by atoms with Crippen LogP contribution >= 0.6 is 0 Å². The summed E-state index contributed by atoms with van der Waals surface area (Å²) in [5.74, 6) is 0. The van der Waals surface area contributed by atoms with Crippen molar-refractivity contribution < 1.29 is 37.0 Å². The van der Waals surface area contributed by atoms with Crippen LogP contribution in [0.3, 0.4) is 0 Å². The molecule has 0 amide bonds. The molecule has 0 spiro atoms. The Morgan fingerprint density at radius 2 is 0.857 bits per heavy atom. The summed E-state index contributed by atoms with van der Waals surface area (Å²) in [4.78, 5) is 0. The summed E-state index contributed by atoms with van der Waals surface area (Å²) in [5, 5.41) is 0. The van der Waals surface area contributed by atoms with Crippen LogP contribution in [0.15, 0.2) is 33.4 Å². The van der Waals surface area contributed by atoms with E-state index in [0.717, 1.165) is 0 Å². The molecule has 0 aromatic rings. The Hall–Kier alpha value is 0.155. The first-order valence-corrected chi connectivity index (χ1v) is 7.50. The van der Waals surface area contributed by atoms with E-state index in [4.69, 9.17) is 0 Å². The van der Waals surface area contributed by atoms with Crippen molar-refractivity contribution in [3.63, 3.8) is 0 Å². The molecule has 1 heteroatoms. The average Bonchev–Trinajstić information content (AvgIpc) is 2.60. The Labute approximate surface area is 161 Å². The topological polar surface area (TPSA) is 0 Å². The van der Waals surface area contributed by atoms with Crippen molar-refractivity contribution in [1.29, 1.82) is 0 Å². The largest absolute Gasteiger partial charge is 1.00 e. The molecule has 0 saturated carbocycles. The summed E-state index contributed by atoms with van der Waals surface area (Å²) >= 11 is 0. The van der Waals surface area contributed by atoms with Gasteiger partial charge >= 0.3 is 0 Å². The summed E-state index contributed by atoms with van der Waals surface area (Å²) in [5.41, 5.74) is 8.79. The second-order valence-corrected chi connectivity index (χ2v) is 7.25. The summed E-state index contributed by atoms with van der Waals surface area (Å²) in [6.45, 7) is 21.8. The Balaban J connectivity index is 0. The number of hydrogen-bond donors (Lipinski definition) is 0. The van der Waals surface area contributed by atoms with Crippen molar-refractivity contribution in [3.05, 3.63) is 45.6 Å². The molecule has 0 aromatic carbocycles. The first kappa shape index (κ1) is 21.2. The zero-order chi connectivity index (χ0) is 15.9. The third kappa shape index (κ3) is 4.56. The minimum absolute atomic E-state index is 0. The number of hydrogen-bond acceptors (Lipinski definition) is 0. The van der Waals surface area contributed by atoms with Crippen LogP contribution in [0.5, 0.6) is 0 Å². The first-order valence-electron chi connectivity index (χ1n) is 7.50. The average molecular weight is 410 g/mol. The normalized spacial score (nSPS) is 22.4. The van der Waals surface area contributed by atoms with Gasteiger partial charge in [0.15, 0.2) is 0 Å². The molecule has 0 atom stereocenters. The molecular formula is C20H31La-3. The molecule has 0 fully saturated rings. The Morgan fingerprint density at radius 3 is 0.905 bits per heavy atom. The maximum absolute atomic E-state index is 3.44. The van der Waals surface area contributed by atoms with Gasteiger partial charge in [-0.15, -0.1) is 13.8 Å². The van der Waals surface area contributed by atoms with Gasteiger partial charge in [-0.05, 0) is 0 Å². The van der Waals surface area contributed by atoms with E-state index in [0.29, 0.717) is 0 Å². The van der Waals surface area contributed by atoms with Crippen molar-refractivity contribution in [2.75, 3.05) is 0 Å². The molecule has 21 heavy (non-hydrogen) atoms. The molecule has 0 aromatic heterocycles. The molecule has 0 N–H and O–H groups in total. The predicted molar refractivity (Wildman–Crippen MR) is 90.3 cm³/mol. The SMILES string of the molecule is CC1=[C-]C(C)(C)C(C)=C1C.CC1=[C-]C(C)(C)C(C)=C1C.[H-].[La].